The Bertz CT molecular complexity index is 1870. The molecular formula is C35H26BrClN2O5. The van der Waals surface area contributed by atoms with Gasteiger partial charge in [-0.05, 0) is 84.8 Å². The normalized spacial score (nSPS) is 21.8. The van der Waals surface area contributed by atoms with Crippen molar-refractivity contribution in [2.45, 2.75) is 19.8 Å². The quantitative estimate of drug-likeness (QED) is 0.0892. The van der Waals surface area contributed by atoms with Gasteiger partial charge in [0.05, 0.1) is 34.3 Å². The second-order valence-corrected chi connectivity index (χ2v) is 12.8. The van der Waals surface area contributed by atoms with Crippen molar-refractivity contribution >= 4 is 67.7 Å². The lowest BCUT2D eigenvalue weighted by Gasteiger charge is -2.18. The number of aryl methyl sites for hydroxylation is 1. The van der Waals surface area contributed by atoms with E-state index < -0.39 is 12.6 Å². The number of ketones is 1. The molecule has 2 aliphatic carbocycles. The zero-order valence-corrected chi connectivity index (χ0v) is 26.0. The number of imide groups is 1. The molecule has 3 aliphatic rings. The predicted octanol–water partition coefficient (Wildman–Crippen LogP) is 7.23. The van der Waals surface area contributed by atoms with E-state index in [1.54, 1.807) is 54.6 Å². The number of aromatic nitrogens is 1. The van der Waals surface area contributed by atoms with Crippen molar-refractivity contribution in [1.29, 1.82) is 0 Å². The van der Waals surface area contributed by atoms with E-state index in [4.69, 9.17) is 21.3 Å². The van der Waals surface area contributed by atoms with Crippen LogP contribution < -0.4 is 4.90 Å². The molecule has 0 N–H and O–H groups in total. The van der Waals surface area contributed by atoms with E-state index in [0.717, 1.165) is 16.5 Å². The van der Waals surface area contributed by atoms with Gasteiger partial charge in [-0.3, -0.25) is 19.3 Å². The molecule has 1 saturated heterocycles. The van der Waals surface area contributed by atoms with Crippen molar-refractivity contribution in [2.75, 3.05) is 11.5 Å². The summed E-state index contributed by atoms with van der Waals surface area (Å²) in [6.07, 6.45) is 5.71. The van der Waals surface area contributed by atoms with E-state index in [-0.39, 0.29) is 46.8 Å². The minimum Gasteiger partial charge on any atom is -0.454 e. The Morgan fingerprint density at radius 1 is 0.955 bits per heavy atom. The first-order valence-electron chi connectivity index (χ1n) is 14.5. The molecule has 3 aromatic carbocycles. The molecule has 2 bridgehead atoms. The number of hydrogen-bond donors (Lipinski definition) is 0. The van der Waals surface area contributed by atoms with E-state index in [9.17, 15) is 19.2 Å². The van der Waals surface area contributed by atoms with Gasteiger partial charge in [0, 0.05) is 26.0 Å². The largest absolute Gasteiger partial charge is 0.454 e. The van der Waals surface area contributed by atoms with Gasteiger partial charge in [0.15, 0.2) is 12.4 Å². The molecule has 220 valence electrons. The summed E-state index contributed by atoms with van der Waals surface area (Å²) < 4.78 is 6.30. The van der Waals surface area contributed by atoms with Crippen LogP contribution in [0.3, 0.4) is 0 Å². The minimum atomic E-state index is -0.652. The number of pyridine rings is 1. The second-order valence-electron chi connectivity index (χ2n) is 11.4. The number of hydrogen-bond acceptors (Lipinski definition) is 6. The van der Waals surface area contributed by atoms with Crippen LogP contribution in [0, 0.1) is 23.7 Å². The van der Waals surface area contributed by atoms with Crippen LogP contribution in [-0.4, -0.2) is 35.2 Å². The van der Waals surface area contributed by atoms with E-state index in [1.807, 2.05) is 19.1 Å². The number of benzene rings is 3. The molecule has 9 heteroatoms. The van der Waals surface area contributed by atoms with E-state index in [0.29, 0.717) is 44.9 Å². The highest BCUT2D eigenvalue weighted by atomic mass is 79.9. The van der Waals surface area contributed by atoms with E-state index in [2.05, 4.69) is 28.1 Å². The number of Topliss-reactive ketones (excluding diaryl/α,β-unsaturated/α-hetero) is 1. The lowest BCUT2D eigenvalue weighted by atomic mass is 9.85. The number of carbonyl (C=O) groups is 4. The molecule has 0 radical (unpaired) electrons. The fourth-order valence-electron chi connectivity index (χ4n) is 6.81. The Morgan fingerprint density at radius 3 is 2.25 bits per heavy atom. The Balaban J connectivity index is 1.20. The third-order valence-corrected chi connectivity index (χ3v) is 9.66. The Labute approximate surface area is 267 Å². The maximum absolute atomic E-state index is 13.5. The molecule has 4 unspecified atom stereocenters. The van der Waals surface area contributed by atoms with Gasteiger partial charge >= 0.3 is 5.97 Å². The highest BCUT2D eigenvalue weighted by Crippen LogP contribution is 2.53. The first-order chi connectivity index (χ1) is 21.2. The SMILES string of the molecule is CCc1cc(Br)cc2c(C(=O)OCC(=O)c3ccc(Cl)cc3)cc(-c3ccc(N4C(=O)C5C6C=CC(C6)C5C4=O)cc3)nc12. The molecule has 0 spiro atoms. The summed E-state index contributed by atoms with van der Waals surface area (Å²) in [7, 11) is 0. The fourth-order valence-corrected chi connectivity index (χ4v) is 7.44. The van der Waals surface area contributed by atoms with Crippen LogP contribution in [0.5, 0.6) is 0 Å². The van der Waals surface area contributed by atoms with Crippen molar-refractivity contribution in [1.82, 2.24) is 4.98 Å². The van der Waals surface area contributed by atoms with Gasteiger partial charge in [0.1, 0.15) is 0 Å². The van der Waals surface area contributed by atoms with Gasteiger partial charge in [-0.1, -0.05) is 58.7 Å². The van der Waals surface area contributed by atoms with Crippen molar-refractivity contribution in [3.63, 3.8) is 0 Å². The average Bonchev–Trinajstić information content (AvgIpc) is 3.72. The third-order valence-electron chi connectivity index (χ3n) is 8.95. The number of halogens is 2. The molecule has 2 fully saturated rings. The first kappa shape index (κ1) is 28.6. The van der Waals surface area contributed by atoms with Crippen LogP contribution in [-0.2, 0) is 20.7 Å². The molecule has 1 aliphatic heterocycles. The summed E-state index contributed by atoms with van der Waals surface area (Å²) in [5, 5.41) is 1.11. The Morgan fingerprint density at radius 2 is 1.61 bits per heavy atom. The number of fused-ring (bicyclic) bond motifs is 6. The van der Waals surface area contributed by atoms with Gasteiger partial charge in [-0.2, -0.15) is 0 Å². The van der Waals surface area contributed by atoms with Crippen LogP contribution in [0.15, 0.2) is 83.4 Å². The molecular weight excluding hydrogens is 644 g/mol. The number of rotatable bonds is 7. The lowest BCUT2D eigenvalue weighted by molar-refractivity contribution is -0.123. The summed E-state index contributed by atoms with van der Waals surface area (Å²) in [4.78, 5) is 59.0. The molecule has 2 amide bonds. The zero-order chi connectivity index (χ0) is 30.7. The van der Waals surface area contributed by atoms with Crippen molar-refractivity contribution in [3.8, 4) is 11.3 Å². The number of anilines is 1. The van der Waals surface area contributed by atoms with E-state index in [1.165, 1.54) is 4.90 Å². The predicted molar refractivity (Wildman–Crippen MR) is 171 cm³/mol. The minimum absolute atomic E-state index is 0.134. The first-order valence-corrected chi connectivity index (χ1v) is 15.7. The number of amides is 2. The van der Waals surface area contributed by atoms with Crippen LogP contribution in [0.1, 0.15) is 39.6 Å². The second kappa shape index (κ2) is 11.1. The summed E-state index contributed by atoms with van der Waals surface area (Å²) in [5.41, 5.74) is 3.99. The molecule has 7 nitrogen and oxygen atoms in total. The number of carbonyl (C=O) groups excluding carboxylic acids is 4. The topological polar surface area (TPSA) is 93.6 Å². The number of esters is 1. The van der Waals surface area contributed by atoms with Gasteiger partial charge in [-0.25, -0.2) is 9.78 Å². The Hall–Kier alpha value is -4.14. The smallest absolute Gasteiger partial charge is 0.339 e. The number of allylic oxidation sites excluding steroid dienone is 2. The standard InChI is InChI=1S/C35H26BrClN2O5/c1-2-18-14-23(36)15-26-27(35(43)44-17-29(40)20-5-9-24(37)10-6-20)16-28(38-32(18)26)19-7-11-25(12-8-19)39-33(41)30-21-3-4-22(13-21)31(30)34(39)42/h3-12,14-16,21-22,30-31H,2,13,17H2,1H3. The molecule has 4 aromatic rings. The summed E-state index contributed by atoms with van der Waals surface area (Å²) in [6.45, 7) is 1.58. The summed E-state index contributed by atoms with van der Waals surface area (Å²) in [5.74, 6) is -1.54. The third kappa shape index (κ3) is 4.77. The van der Waals surface area contributed by atoms with E-state index >= 15 is 0 Å². The number of nitrogens with zero attached hydrogens (tertiary/aromatic N) is 2. The Kier molecular flexibility index (Phi) is 7.22. The van der Waals surface area contributed by atoms with Gasteiger partial charge in [-0.15, -0.1) is 0 Å². The molecule has 4 atom stereocenters. The molecule has 2 heterocycles. The van der Waals surface area contributed by atoms with Crippen molar-refractivity contribution in [2.24, 2.45) is 23.7 Å². The molecule has 1 saturated carbocycles. The zero-order valence-electron chi connectivity index (χ0n) is 23.6. The van der Waals surface area contributed by atoms with Crippen LogP contribution in [0.4, 0.5) is 5.69 Å². The van der Waals surface area contributed by atoms with Gasteiger partial charge in [0.2, 0.25) is 11.8 Å². The highest BCUT2D eigenvalue weighted by Gasteiger charge is 2.59. The van der Waals surface area contributed by atoms with Crippen LogP contribution in [0.2, 0.25) is 5.02 Å². The molecule has 1 aromatic heterocycles. The van der Waals surface area contributed by atoms with Gasteiger partial charge < -0.3 is 4.74 Å². The number of ether oxygens (including phenoxy) is 1. The summed E-state index contributed by atoms with van der Waals surface area (Å²) in [6, 6.07) is 18.9. The monoisotopic (exact) mass is 668 g/mol. The highest BCUT2D eigenvalue weighted by molar-refractivity contribution is 9.10. The summed E-state index contributed by atoms with van der Waals surface area (Å²) >= 11 is 9.47. The maximum atomic E-state index is 13.5. The fraction of sp³-hybridized carbons (Fsp3) is 0.229. The van der Waals surface area contributed by atoms with Gasteiger partial charge in [0.25, 0.3) is 0 Å². The van der Waals surface area contributed by atoms with Crippen molar-refractivity contribution in [3.05, 3.63) is 105 Å². The van der Waals surface area contributed by atoms with Crippen LogP contribution >= 0.6 is 27.5 Å². The molecule has 44 heavy (non-hydrogen) atoms. The molecule has 7 rings (SSSR count). The van der Waals surface area contributed by atoms with Crippen molar-refractivity contribution < 1.29 is 23.9 Å². The maximum Gasteiger partial charge on any atom is 0.339 e. The average molecular weight is 670 g/mol. The lowest BCUT2D eigenvalue weighted by Crippen LogP contribution is -2.32. The van der Waals surface area contributed by atoms with Crippen LogP contribution in [0.25, 0.3) is 22.2 Å².